The summed E-state index contributed by atoms with van der Waals surface area (Å²) in [5.41, 5.74) is 2.60. The first kappa shape index (κ1) is 15.4. The number of hydrogen-bond acceptors (Lipinski definition) is 6. The topological polar surface area (TPSA) is 84.5 Å². The van der Waals surface area contributed by atoms with E-state index in [9.17, 15) is 10.1 Å². The number of pyridine rings is 1. The first-order valence-corrected chi connectivity index (χ1v) is 8.49. The van der Waals surface area contributed by atoms with Crippen molar-refractivity contribution in [1.29, 1.82) is 5.26 Å². The van der Waals surface area contributed by atoms with Crippen LogP contribution in [0.3, 0.4) is 0 Å². The van der Waals surface area contributed by atoms with Crippen molar-refractivity contribution in [3.8, 4) is 6.07 Å². The lowest BCUT2D eigenvalue weighted by molar-refractivity contribution is 0.0980. The fourth-order valence-electron chi connectivity index (χ4n) is 2.84. The van der Waals surface area contributed by atoms with Gasteiger partial charge in [0.05, 0.1) is 22.5 Å². The van der Waals surface area contributed by atoms with E-state index in [0.717, 1.165) is 10.2 Å². The zero-order valence-corrected chi connectivity index (χ0v) is 14.4. The zero-order chi connectivity index (χ0) is 17.6. The van der Waals surface area contributed by atoms with Crippen molar-refractivity contribution in [2.75, 3.05) is 0 Å². The summed E-state index contributed by atoms with van der Waals surface area (Å²) in [6.45, 7) is 1.82. The van der Waals surface area contributed by atoms with Crippen molar-refractivity contribution >= 4 is 38.4 Å². The van der Waals surface area contributed by atoms with E-state index in [1.54, 1.807) is 24.0 Å². The number of nitriles is 1. The number of nitrogens with zero attached hydrogens (tertiary/aromatic N) is 5. The predicted octanol–water partition coefficient (Wildman–Crippen LogP) is 3.38. The number of aryl methyl sites for hydroxylation is 2. The summed E-state index contributed by atoms with van der Waals surface area (Å²) >= 11 is 1.38. The molecule has 0 unspecified atom stereocenters. The van der Waals surface area contributed by atoms with Gasteiger partial charge in [-0.2, -0.15) is 10.4 Å². The Kier molecular flexibility index (Phi) is 3.55. The Bertz CT molecular complexity index is 1130. The van der Waals surface area contributed by atoms with E-state index in [0.29, 0.717) is 27.3 Å². The van der Waals surface area contributed by atoms with Crippen molar-refractivity contribution in [1.82, 2.24) is 19.7 Å². The minimum atomic E-state index is -0.942. The van der Waals surface area contributed by atoms with Gasteiger partial charge in [-0.3, -0.25) is 9.48 Å². The van der Waals surface area contributed by atoms with Gasteiger partial charge in [-0.25, -0.2) is 9.97 Å². The van der Waals surface area contributed by atoms with Crippen LogP contribution in [0.5, 0.6) is 0 Å². The highest BCUT2D eigenvalue weighted by Gasteiger charge is 2.27. The number of ketones is 1. The largest absolute Gasteiger partial charge is 0.292 e. The third-order valence-corrected chi connectivity index (χ3v) is 5.15. The Hall–Kier alpha value is -3.11. The molecule has 0 aliphatic heterocycles. The normalized spacial score (nSPS) is 12.4. The summed E-state index contributed by atoms with van der Waals surface area (Å²) in [6, 6.07) is 11.5. The van der Waals surface area contributed by atoms with Crippen LogP contribution in [0.15, 0.2) is 36.5 Å². The molecule has 0 spiro atoms. The number of benzene rings is 1. The molecule has 1 atom stereocenters. The average Bonchev–Trinajstić information content (AvgIpc) is 3.19. The van der Waals surface area contributed by atoms with Crippen molar-refractivity contribution < 1.29 is 4.79 Å². The Balaban J connectivity index is 1.85. The van der Waals surface area contributed by atoms with Crippen LogP contribution >= 0.6 is 11.3 Å². The fourth-order valence-corrected chi connectivity index (χ4v) is 3.85. The number of hydrogen-bond donors (Lipinski definition) is 0. The Morgan fingerprint density at radius 1 is 1.32 bits per heavy atom. The van der Waals surface area contributed by atoms with Crippen LogP contribution in [-0.4, -0.2) is 25.5 Å². The van der Waals surface area contributed by atoms with Crippen molar-refractivity contribution in [3.63, 3.8) is 0 Å². The van der Waals surface area contributed by atoms with E-state index in [2.05, 4.69) is 21.1 Å². The van der Waals surface area contributed by atoms with Crippen LogP contribution in [0.1, 0.15) is 27.0 Å². The van der Waals surface area contributed by atoms with Gasteiger partial charge in [-0.15, -0.1) is 11.3 Å². The molecule has 0 radical (unpaired) electrons. The Morgan fingerprint density at radius 2 is 2.12 bits per heavy atom. The summed E-state index contributed by atoms with van der Waals surface area (Å²) in [4.78, 5) is 22.0. The standard InChI is InChI=1S/C18H13N5OS/c1-10-7-11(13-9-20-23(2)17(13)21-10)16(24)12(8-19)18-22-14-5-3-4-6-15(14)25-18/h3-7,9,12H,1-2H3/t12-/m0/s1. The molecule has 0 aliphatic carbocycles. The quantitative estimate of drug-likeness (QED) is 0.530. The van der Waals surface area contributed by atoms with Gasteiger partial charge >= 0.3 is 0 Å². The molecule has 4 aromatic rings. The van der Waals surface area contributed by atoms with E-state index in [4.69, 9.17) is 0 Å². The Morgan fingerprint density at radius 3 is 2.88 bits per heavy atom. The van der Waals surface area contributed by atoms with Crippen molar-refractivity contribution in [2.45, 2.75) is 12.8 Å². The molecule has 0 N–H and O–H groups in total. The van der Waals surface area contributed by atoms with Gasteiger partial charge in [0.15, 0.2) is 17.3 Å². The van der Waals surface area contributed by atoms with E-state index in [1.165, 1.54) is 11.3 Å². The van der Waals surface area contributed by atoms with E-state index < -0.39 is 5.92 Å². The molecular formula is C18H13N5OS. The van der Waals surface area contributed by atoms with Gasteiger partial charge in [0, 0.05) is 23.7 Å². The SMILES string of the molecule is Cc1cc(C(=O)[C@H](C#N)c2nc3ccccc3s2)c2cnn(C)c2n1. The molecule has 7 heteroatoms. The van der Waals surface area contributed by atoms with Gasteiger partial charge in [-0.1, -0.05) is 12.1 Å². The Labute approximate surface area is 147 Å². The molecule has 25 heavy (non-hydrogen) atoms. The van der Waals surface area contributed by atoms with Gasteiger partial charge in [-0.05, 0) is 25.1 Å². The molecule has 6 nitrogen and oxygen atoms in total. The lowest BCUT2D eigenvalue weighted by Gasteiger charge is -2.07. The summed E-state index contributed by atoms with van der Waals surface area (Å²) in [5.74, 6) is -1.22. The molecule has 1 aromatic carbocycles. The molecule has 0 aliphatic rings. The molecular weight excluding hydrogens is 334 g/mol. The number of thiazole rings is 1. The highest BCUT2D eigenvalue weighted by atomic mass is 32.1. The van der Waals surface area contributed by atoms with Crippen molar-refractivity contribution in [2.24, 2.45) is 7.05 Å². The van der Waals surface area contributed by atoms with E-state index in [1.807, 2.05) is 31.2 Å². The predicted molar refractivity (Wildman–Crippen MR) is 95.6 cm³/mol. The molecule has 3 heterocycles. The second-order valence-electron chi connectivity index (χ2n) is 5.76. The third-order valence-electron chi connectivity index (χ3n) is 4.05. The van der Waals surface area contributed by atoms with Gasteiger partial charge < -0.3 is 0 Å². The van der Waals surface area contributed by atoms with Gasteiger partial charge in [0.1, 0.15) is 5.01 Å². The average molecular weight is 347 g/mol. The van der Waals surface area contributed by atoms with E-state index >= 15 is 0 Å². The van der Waals surface area contributed by atoms with Crippen LogP contribution in [0, 0.1) is 18.3 Å². The number of fused-ring (bicyclic) bond motifs is 2. The molecule has 0 saturated carbocycles. The number of Topliss-reactive ketones (excluding diaryl/α,β-unsaturated/α-hetero) is 1. The molecule has 0 fully saturated rings. The fraction of sp³-hybridized carbons (Fsp3) is 0.167. The lowest BCUT2D eigenvalue weighted by atomic mass is 9.97. The first-order chi connectivity index (χ1) is 12.1. The molecule has 4 rings (SSSR count). The molecule has 0 amide bonds. The highest BCUT2D eigenvalue weighted by molar-refractivity contribution is 7.18. The molecule has 0 bridgehead atoms. The van der Waals surface area contributed by atoms with Crippen molar-refractivity contribution in [3.05, 3.63) is 52.8 Å². The molecule has 122 valence electrons. The zero-order valence-electron chi connectivity index (χ0n) is 13.6. The monoisotopic (exact) mass is 347 g/mol. The maximum atomic E-state index is 13.1. The van der Waals surface area contributed by atoms with Crippen LogP contribution in [0.25, 0.3) is 21.3 Å². The minimum absolute atomic E-state index is 0.273. The van der Waals surface area contributed by atoms with Crippen LogP contribution in [0.4, 0.5) is 0 Å². The third kappa shape index (κ3) is 2.47. The smallest absolute Gasteiger partial charge is 0.187 e. The molecule has 3 aromatic heterocycles. The number of carbonyl (C=O) groups excluding carboxylic acids is 1. The first-order valence-electron chi connectivity index (χ1n) is 7.67. The van der Waals surface area contributed by atoms with Crippen LogP contribution in [-0.2, 0) is 7.05 Å². The minimum Gasteiger partial charge on any atom is -0.292 e. The number of rotatable bonds is 3. The second-order valence-corrected chi connectivity index (χ2v) is 6.83. The van der Waals surface area contributed by atoms with Crippen LogP contribution < -0.4 is 0 Å². The van der Waals surface area contributed by atoms with Crippen LogP contribution in [0.2, 0.25) is 0 Å². The number of para-hydroxylation sites is 1. The maximum absolute atomic E-state index is 13.1. The second kappa shape index (κ2) is 5.76. The van der Waals surface area contributed by atoms with E-state index in [-0.39, 0.29) is 5.78 Å². The number of carbonyl (C=O) groups is 1. The lowest BCUT2D eigenvalue weighted by Crippen LogP contribution is -2.12. The molecule has 0 saturated heterocycles. The maximum Gasteiger partial charge on any atom is 0.187 e. The van der Waals surface area contributed by atoms with Gasteiger partial charge in [0.25, 0.3) is 0 Å². The summed E-state index contributed by atoms with van der Waals surface area (Å²) < 4.78 is 2.58. The summed E-state index contributed by atoms with van der Waals surface area (Å²) in [5, 5.41) is 15.0. The van der Waals surface area contributed by atoms with Gasteiger partial charge in [0.2, 0.25) is 0 Å². The number of aromatic nitrogens is 4. The highest BCUT2D eigenvalue weighted by Crippen LogP contribution is 2.31. The summed E-state index contributed by atoms with van der Waals surface area (Å²) in [6.07, 6.45) is 1.61. The summed E-state index contributed by atoms with van der Waals surface area (Å²) in [7, 11) is 1.78.